The number of ether oxygens (including phenoxy) is 1. The summed E-state index contributed by atoms with van der Waals surface area (Å²) in [5.74, 6) is -1.22. The maximum absolute atomic E-state index is 13.8. The highest BCUT2D eigenvalue weighted by Gasteiger charge is 2.22. The number of nitrogens with one attached hydrogen (secondary N) is 1. The minimum Gasteiger partial charge on any atom is -0.447 e. The number of sulfonamides is 1. The highest BCUT2D eigenvalue weighted by molar-refractivity contribution is 9.10. The third-order valence-corrected chi connectivity index (χ3v) is 4.73. The molecular formula is C13H10BrFN2O5S. The van der Waals surface area contributed by atoms with Crippen molar-refractivity contribution >= 4 is 31.6 Å². The topological polar surface area (TPSA) is 98.5 Å². The Labute approximate surface area is 139 Å². The molecule has 0 heterocycles. The van der Waals surface area contributed by atoms with Crippen LogP contribution in [0.5, 0.6) is 11.5 Å². The lowest BCUT2D eigenvalue weighted by atomic mass is 10.3. The van der Waals surface area contributed by atoms with Crippen LogP contribution >= 0.6 is 15.9 Å². The van der Waals surface area contributed by atoms with Gasteiger partial charge in [0, 0.05) is 10.5 Å². The smallest absolute Gasteiger partial charge is 0.312 e. The summed E-state index contributed by atoms with van der Waals surface area (Å²) in [5.41, 5.74) is -0.594. The van der Waals surface area contributed by atoms with Crippen molar-refractivity contribution in [3.05, 3.63) is 56.8 Å². The summed E-state index contributed by atoms with van der Waals surface area (Å²) in [5, 5.41) is 11.1. The Hall–Kier alpha value is -2.04. The van der Waals surface area contributed by atoms with Gasteiger partial charge in [0.2, 0.25) is 15.8 Å². The maximum Gasteiger partial charge on any atom is 0.312 e. The molecule has 0 unspecified atom stereocenters. The Morgan fingerprint density at radius 3 is 2.43 bits per heavy atom. The molecule has 2 rings (SSSR count). The second-order valence-electron chi connectivity index (χ2n) is 4.27. The molecule has 0 aliphatic carbocycles. The predicted octanol–water partition coefficient (Wildman–Crippen LogP) is 3.20. The van der Waals surface area contributed by atoms with Gasteiger partial charge >= 0.3 is 5.69 Å². The van der Waals surface area contributed by atoms with Gasteiger partial charge in [-0.3, -0.25) is 10.1 Å². The molecule has 2 aromatic carbocycles. The van der Waals surface area contributed by atoms with Crippen LogP contribution in [0.4, 0.5) is 10.1 Å². The first-order valence-corrected chi connectivity index (χ1v) is 8.37. The first kappa shape index (κ1) is 17.3. The average molecular weight is 405 g/mol. The summed E-state index contributed by atoms with van der Waals surface area (Å²) in [7, 11) is -2.66. The minimum absolute atomic E-state index is 0.222. The monoisotopic (exact) mass is 404 g/mol. The zero-order valence-electron chi connectivity index (χ0n) is 11.6. The highest BCUT2D eigenvalue weighted by atomic mass is 79.9. The summed E-state index contributed by atoms with van der Waals surface area (Å²) < 4.78 is 44.9. The lowest BCUT2D eigenvalue weighted by molar-refractivity contribution is -0.385. The summed E-state index contributed by atoms with van der Waals surface area (Å²) in [6.45, 7) is 0. The Morgan fingerprint density at radius 1 is 1.22 bits per heavy atom. The molecule has 122 valence electrons. The molecular weight excluding hydrogens is 395 g/mol. The molecule has 0 atom stereocenters. The molecule has 23 heavy (non-hydrogen) atoms. The van der Waals surface area contributed by atoms with Crippen LogP contribution < -0.4 is 9.46 Å². The van der Waals surface area contributed by atoms with Gasteiger partial charge in [-0.05, 0) is 37.4 Å². The number of hydrogen-bond acceptors (Lipinski definition) is 5. The molecule has 0 bridgehead atoms. The van der Waals surface area contributed by atoms with Gasteiger partial charge in [-0.15, -0.1) is 0 Å². The van der Waals surface area contributed by atoms with Crippen molar-refractivity contribution in [3.8, 4) is 11.5 Å². The van der Waals surface area contributed by atoms with Crippen LogP contribution in [0.25, 0.3) is 0 Å². The average Bonchev–Trinajstić information content (AvgIpc) is 2.50. The Balaban J connectivity index is 2.48. The van der Waals surface area contributed by atoms with Gasteiger partial charge < -0.3 is 4.74 Å². The van der Waals surface area contributed by atoms with Gasteiger partial charge in [0.1, 0.15) is 0 Å². The largest absolute Gasteiger partial charge is 0.447 e. The van der Waals surface area contributed by atoms with Gasteiger partial charge in [-0.1, -0.05) is 15.9 Å². The summed E-state index contributed by atoms with van der Waals surface area (Å²) in [6, 6.07) is 7.01. The number of benzene rings is 2. The molecule has 0 radical (unpaired) electrons. The number of hydrogen-bond donors (Lipinski definition) is 1. The van der Waals surface area contributed by atoms with Crippen LogP contribution in [0.15, 0.2) is 45.8 Å². The Morgan fingerprint density at radius 2 is 1.87 bits per heavy atom. The van der Waals surface area contributed by atoms with Gasteiger partial charge in [0.15, 0.2) is 11.6 Å². The van der Waals surface area contributed by atoms with Crippen molar-refractivity contribution in [3.63, 3.8) is 0 Å². The SMILES string of the molecule is CNS(=O)(=O)c1ccc(Oc2ccc(Br)cc2F)c([N+](=O)[O-])c1. The molecule has 0 spiro atoms. The van der Waals surface area contributed by atoms with E-state index in [-0.39, 0.29) is 16.4 Å². The van der Waals surface area contributed by atoms with E-state index < -0.39 is 26.5 Å². The molecule has 0 amide bonds. The van der Waals surface area contributed by atoms with E-state index in [0.717, 1.165) is 24.3 Å². The number of halogens is 2. The van der Waals surface area contributed by atoms with Crippen molar-refractivity contribution in [1.82, 2.24) is 4.72 Å². The van der Waals surface area contributed by atoms with Crippen molar-refractivity contribution < 1.29 is 22.5 Å². The van der Waals surface area contributed by atoms with Gasteiger partial charge in [-0.2, -0.15) is 0 Å². The second kappa shape index (κ2) is 6.60. The van der Waals surface area contributed by atoms with E-state index in [1.165, 1.54) is 19.2 Å². The second-order valence-corrected chi connectivity index (χ2v) is 7.07. The van der Waals surface area contributed by atoms with Crippen LogP contribution in [-0.4, -0.2) is 20.4 Å². The molecule has 0 aliphatic heterocycles. The number of nitro groups is 1. The quantitative estimate of drug-likeness (QED) is 0.609. The van der Waals surface area contributed by atoms with E-state index in [1.807, 2.05) is 0 Å². The van der Waals surface area contributed by atoms with Crippen molar-refractivity contribution in [1.29, 1.82) is 0 Å². The first-order valence-electron chi connectivity index (χ1n) is 6.09. The molecule has 2 aromatic rings. The lowest BCUT2D eigenvalue weighted by Gasteiger charge is -2.09. The van der Waals surface area contributed by atoms with Crippen molar-refractivity contribution in [2.75, 3.05) is 7.05 Å². The lowest BCUT2D eigenvalue weighted by Crippen LogP contribution is -2.18. The molecule has 7 nitrogen and oxygen atoms in total. The van der Waals surface area contributed by atoms with Gasteiger partial charge in [0.25, 0.3) is 0 Å². The van der Waals surface area contributed by atoms with Crippen LogP contribution in [0.2, 0.25) is 0 Å². The van der Waals surface area contributed by atoms with Crippen LogP contribution in [0.1, 0.15) is 0 Å². The number of nitrogens with zero attached hydrogens (tertiary/aromatic N) is 1. The molecule has 0 aliphatic rings. The fourth-order valence-electron chi connectivity index (χ4n) is 1.69. The van der Waals surface area contributed by atoms with Gasteiger partial charge in [0.05, 0.1) is 9.82 Å². The standard InChI is InChI=1S/C13H10BrFN2O5S/c1-16-23(20,21)9-3-5-13(11(7-9)17(18)19)22-12-4-2-8(14)6-10(12)15/h2-7,16H,1H3. The third-order valence-electron chi connectivity index (χ3n) is 2.82. The Bertz CT molecular complexity index is 873. The van der Waals surface area contributed by atoms with E-state index >= 15 is 0 Å². The third kappa shape index (κ3) is 3.84. The zero-order chi connectivity index (χ0) is 17.2. The van der Waals surface area contributed by atoms with Crippen molar-refractivity contribution in [2.24, 2.45) is 0 Å². The Kier molecular flexibility index (Phi) is 4.97. The zero-order valence-corrected chi connectivity index (χ0v) is 14.0. The summed E-state index contributed by atoms with van der Waals surface area (Å²) >= 11 is 3.08. The normalized spacial score (nSPS) is 11.3. The number of rotatable bonds is 5. The summed E-state index contributed by atoms with van der Waals surface area (Å²) in [6.07, 6.45) is 0. The highest BCUT2D eigenvalue weighted by Crippen LogP contribution is 2.34. The fraction of sp³-hybridized carbons (Fsp3) is 0.0769. The van der Waals surface area contributed by atoms with Gasteiger partial charge in [-0.25, -0.2) is 17.5 Å². The molecule has 0 saturated heterocycles. The molecule has 1 N–H and O–H groups in total. The van der Waals surface area contributed by atoms with E-state index in [4.69, 9.17) is 4.74 Å². The van der Waals surface area contributed by atoms with Crippen LogP contribution in [0.3, 0.4) is 0 Å². The molecule has 10 heteroatoms. The van der Waals surface area contributed by atoms with Crippen LogP contribution in [-0.2, 0) is 10.0 Å². The maximum atomic E-state index is 13.8. The van der Waals surface area contributed by atoms with E-state index in [2.05, 4.69) is 20.7 Å². The molecule has 0 saturated carbocycles. The molecule has 0 aromatic heterocycles. The van der Waals surface area contributed by atoms with Crippen LogP contribution in [0, 0.1) is 15.9 Å². The van der Waals surface area contributed by atoms with E-state index in [0.29, 0.717) is 4.47 Å². The van der Waals surface area contributed by atoms with Crippen molar-refractivity contribution in [2.45, 2.75) is 4.90 Å². The summed E-state index contributed by atoms with van der Waals surface area (Å²) in [4.78, 5) is 10.0. The predicted molar refractivity (Wildman–Crippen MR) is 83.5 cm³/mol. The van der Waals surface area contributed by atoms with E-state index in [1.54, 1.807) is 0 Å². The molecule has 0 fully saturated rings. The first-order chi connectivity index (χ1) is 10.7. The number of nitro benzene ring substituents is 1. The van der Waals surface area contributed by atoms with E-state index in [9.17, 15) is 22.9 Å². The minimum atomic E-state index is -3.85. The fourth-order valence-corrected chi connectivity index (χ4v) is 2.77.